The Morgan fingerprint density at radius 2 is 2.21 bits per heavy atom. The molecular formula is C11H11N5O3. The number of H-pyrrole nitrogens is 1. The molecule has 2 aromatic heterocycles. The Morgan fingerprint density at radius 3 is 2.89 bits per heavy atom. The first-order valence-electron chi connectivity index (χ1n) is 5.65. The van der Waals surface area contributed by atoms with Crippen molar-refractivity contribution in [3.8, 4) is 0 Å². The second-order valence-electron chi connectivity index (χ2n) is 4.21. The fourth-order valence-corrected chi connectivity index (χ4v) is 1.99. The molecule has 0 spiro atoms. The number of hydrogen-bond acceptors (Lipinski definition) is 6. The molecule has 0 saturated carbocycles. The van der Waals surface area contributed by atoms with Gasteiger partial charge in [-0.3, -0.25) is 19.1 Å². The van der Waals surface area contributed by atoms with E-state index in [1.807, 2.05) is 0 Å². The van der Waals surface area contributed by atoms with E-state index in [0.717, 1.165) is 0 Å². The highest BCUT2D eigenvalue weighted by Crippen LogP contribution is 2.19. The Kier molecular flexibility index (Phi) is 2.37. The highest BCUT2D eigenvalue weighted by molar-refractivity contribution is 5.74. The number of ether oxygens (including phenoxy) is 1. The summed E-state index contributed by atoms with van der Waals surface area (Å²) in [4.78, 5) is 34.4. The number of aromatic nitrogens is 4. The minimum Gasteiger partial charge on any atom is -0.500 e. The molecule has 0 radical (unpaired) electrons. The van der Waals surface area contributed by atoms with Crippen molar-refractivity contribution < 1.29 is 4.74 Å². The summed E-state index contributed by atoms with van der Waals surface area (Å²) < 4.78 is 6.36. The number of aryl methyl sites for hydroxylation is 1. The van der Waals surface area contributed by atoms with Crippen LogP contribution in [0, 0.1) is 0 Å². The summed E-state index contributed by atoms with van der Waals surface area (Å²) in [6.07, 6.45) is 2.09. The van der Waals surface area contributed by atoms with Gasteiger partial charge in [-0.15, -0.1) is 0 Å². The van der Waals surface area contributed by atoms with Crippen molar-refractivity contribution >= 4 is 22.7 Å². The topological polar surface area (TPSA) is 116 Å². The van der Waals surface area contributed by atoms with E-state index in [4.69, 9.17) is 10.5 Å². The van der Waals surface area contributed by atoms with Crippen molar-refractivity contribution in [1.29, 1.82) is 0 Å². The quantitative estimate of drug-likeness (QED) is 0.705. The van der Waals surface area contributed by atoms with Gasteiger partial charge in [0.1, 0.15) is 5.69 Å². The Bertz CT molecular complexity index is 817. The second-order valence-corrected chi connectivity index (χ2v) is 4.21. The first-order valence-corrected chi connectivity index (χ1v) is 5.65. The van der Waals surface area contributed by atoms with Crippen molar-refractivity contribution in [2.45, 2.75) is 6.42 Å². The fourth-order valence-electron chi connectivity index (χ4n) is 1.99. The van der Waals surface area contributed by atoms with Crippen molar-refractivity contribution in [2.24, 2.45) is 7.05 Å². The lowest BCUT2D eigenvalue weighted by molar-refractivity contribution is 0.281. The molecule has 0 amide bonds. The summed E-state index contributed by atoms with van der Waals surface area (Å²) in [5.41, 5.74) is 5.79. The third-order valence-corrected chi connectivity index (χ3v) is 2.96. The number of rotatable bonds is 1. The first kappa shape index (κ1) is 11.5. The molecule has 19 heavy (non-hydrogen) atoms. The highest BCUT2D eigenvalue weighted by atomic mass is 16.5. The van der Waals surface area contributed by atoms with Crippen LogP contribution < -0.4 is 16.9 Å². The summed E-state index contributed by atoms with van der Waals surface area (Å²) >= 11 is 0. The lowest BCUT2D eigenvalue weighted by Crippen LogP contribution is -2.27. The number of anilines is 1. The smallest absolute Gasteiger partial charge is 0.280 e. The van der Waals surface area contributed by atoms with E-state index in [1.165, 1.54) is 17.9 Å². The Hall–Kier alpha value is -2.64. The molecule has 1 aliphatic heterocycles. The maximum atomic E-state index is 12.2. The molecule has 0 aliphatic carbocycles. The SMILES string of the molecule is Cn1c(=O)c(C2=COCC2)nc2c(=O)[nH]c(N)nc21. The van der Waals surface area contributed by atoms with Crippen LogP contribution in [0.3, 0.4) is 0 Å². The Morgan fingerprint density at radius 1 is 1.42 bits per heavy atom. The van der Waals surface area contributed by atoms with Gasteiger partial charge in [0.15, 0.2) is 11.2 Å². The third kappa shape index (κ3) is 1.68. The average Bonchev–Trinajstić information content (AvgIpc) is 2.88. The number of nitrogen functional groups attached to an aromatic ring is 1. The number of nitrogens with zero attached hydrogens (tertiary/aromatic N) is 3. The maximum absolute atomic E-state index is 12.2. The van der Waals surface area contributed by atoms with Gasteiger partial charge in [0.2, 0.25) is 5.95 Å². The molecular weight excluding hydrogens is 250 g/mol. The van der Waals surface area contributed by atoms with Crippen LogP contribution in [0.4, 0.5) is 5.95 Å². The van der Waals surface area contributed by atoms with Crippen LogP contribution in [0.25, 0.3) is 16.7 Å². The van der Waals surface area contributed by atoms with Crippen molar-refractivity contribution in [3.05, 3.63) is 32.7 Å². The van der Waals surface area contributed by atoms with Gasteiger partial charge in [-0.05, 0) is 0 Å². The average molecular weight is 261 g/mol. The predicted molar refractivity (Wildman–Crippen MR) is 68.4 cm³/mol. The first-order chi connectivity index (χ1) is 9.08. The number of nitrogens with two attached hydrogens (primary N) is 1. The Labute approximate surface area is 106 Å². The molecule has 0 unspecified atom stereocenters. The van der Waals surface area contributed by atoms with Gasteiger partial charge >= 0.3 is 0 Å². The summed E-state index contributed by atoms with van der Waals surface area (Å²) in [6.45, 7) is 0.508. The molecule has 3 heterocycles. The van der Waals surface area contributed by atoms with Crippen LogP contribution in [0.5, 0.6) is 0 Å². The maximum Gasteiger partial charge on any atom is 0.280 e. The van der Waals surface area contributed by atoms with Gasteiger partial charge in [0.05, 0.1) is 12.9 Å². The lowest BCUT2D eigenvalue weighted by Gasteiger charge is -2.06. The van der Waals surface area contributed by atoms with Gasteiger partial charge in [-0.2, -0.15) is 4.98 Å². The highest BCUT2D eigenvalue weighted by Gasteiger charge is 2.18. The van der Waals surface area contributed by atoms with E-state index >= 15 is 0 Å². The van der Waals surface area contributed by atoms with E-state index in [9.17, 15) is 9.59 Å². The third-order valence-electron chi connectivity index (χ3n) is 2.96. The summed E-state index contributed by atoms with van der Waals surface area (Å²) in [6, 6.07) is 0. The minimum absolute atomic E-state index is 0.0505. The van der Waals surface area contributed by atoms with Gasteiger partial charge < -0.3 is 10.5 Å². The summed E-state index contributed by atoms with van der Waals surface area (Å²) in [7, 11) is 1.53. The fraction of sp³-hybridized carbons (Fsp3) is 0.273. The van der Waals surface area contributed by atoms with E-state index in [0.29, 0.717) is 18.6 Å². The van der Waals surface area contributed by atoms with E-state index in [2.05, 4.69) is 15.0 Å². The minimum atomic E-state index is -0.473. The van der Waals surface area contributed by atoms with E-state index in [1.54, 1.807) is 0 Å². The van der Waals surface area contributed by atoms with E-state index < -0.39 is 5.56 Å². The molecule has 0 bridgehead atoms. The van der Waals surface area contributed by atoms with Crippen molar-refractivity contribution in [2.75, 3.05) is 12.3 Å². The van der Waals surface area contributed by atoms with E-state index in [-0.39, 0.29) is 28.4 Å². The molecule has 8 heteroatoms. The molecule has 2 aromatic rings. The molecule has 3 rings (SSSR count). The predicted octanol–water partition coefficient (Wildman–Crippen LogP) is -0.640. The van der Waals surface area contributed by atoms with Gasteiger partial charge in [0.25, 0.3) is 11.1 Å². The molecule has 98 valence electrons. The van der Waals surface area contributed by atoms with Crippen molar-refractivity contribution in [1.82, 2.24) is 19.5 Å². The van der Waals surface area contributed by atoms with Crippen LogP contribution in [0.2, 0.25) is 0 Å². The number of aromatic amines is 1. The molecule has 0 aromatic carbocycles. The zero-order valence-corrected chi connectivity index (χ0v) is 10.1. The molecule has 0 saturated heterocycles. The standard InChI is InChI=1S/C11H11N5O3/c1-16-8-7(9(17)15-11(12)14-8)13-6(10(16)18)5-2-3-19-4-5/h4H,2-3H2,1H3,(H3,12,14,15,17). The normalized spacial score (nSPS) is 14.5. The van der Waals surface area contributed by atoms with Crippen LogP contribution in [-0.2, 0) is 11.8 Å². The number of fused-ring (bicyclic) bond motifs is 1. The molecule has 1 aliphatic rings. The largest absolute Gasteiger partial charge is 0.500 e. The number of nitrogens with one attached hydrogen (secondary N) is 1. The summed E-state index contributed by atoms with van der Waals surface area (Å²) in [5, 5.41) is 0. The lowest BCUT2D eigenvalue weighted by atomic mass is 10.1. The molecule has 3 N–H and O–H groups in total. The van der Waals surface area contributed by atoms with Crippen LogP contribution in [0.1, 0.15) is 12.1 Å². The Balaban J connectivity index is 2.41. The zero-order chi connectivity index (χ0) is 13.6. The molecule has 8 nitrogen and oxygen atoms in total. The van der Waals surface area contributed by atoms with Gasteiger partial charge in [-0.25, -0.2) is 4.98 Å². The zero-order valence-electron chi connectivity index (χ0n) is 10.1. The van der Waals surface area contributed by atoms with Crippen LogP contribution in [-0.4, -0.2) is 26.1 Å². The monoisotopic (exact) mass is 261 g/mol. The number of hydrogen-bond donors (Lipinski definition) is 2. The van der Waals surface area contributed by atoms with Crippen LogP contribution >= 0.6 is 0 Å². The van der Waals surface area contributed by atoms with Gasteiger partial charge in [0, 0.05) is 19.0 Å². The van der Waals surface area contributed by atoms with Crippen molar-refractivity contribution in [3.63, 3.8) is 0 Å². The van der Waals surface area contributed by atoms with Gasteiger partial charge in [-0.1, -0.05) is 0 Å². The second kappa shape index (κ2) is 3.94. The summed E-state index contributed by atoms with van der Waals surface area (Å²) in [5.74, 6) is -0.0505. The molecule has 0 atom stereocenters. The van der Waals surface area contributed by atoms with Crippen LogP contribution in [0.15, 0.2) is 15.9 Å². The molecule has 0 fully saturated rings.